The summed E-state index contributed by atoms with van der Waals surface area (Å²) in [5.74, 6) is 0. The fraction of sp³-hybridized carbons (Fsp3) is 0.375. The molecule has 1 heterocycles. The van der Waals surface area contributed by atoms with Gasteiger partial charge in [0, 0.05) is 0 Å². The van der Waals surface area contributed by atoms with E-state index in [0.717, 1.165) is 9.42 Å². The van der Waals surface area contributed by atoms with Crippen molar-refractivity contribution >= 4 is 35.3 Å². The molecule has 0 aliphatic heterocycles. The van der Waals surface area contributed by atoms with E-state index in [1.165, 1.54) is 4.46 Å². The Hall–Kier alpha value is 0.149. The molecule has 0 amide bonds. The predicted molar refractivity (Wildman–Crippen MR) is 52.4 cm³/mol. The second-order valence-corrected chi connectivity index (χ2v) is 6.76. The van der Waals surface area contributed by atoms with Crippen molar-refractivity contribution in [2.24, 2.45) is 0 Å². The number of hydrogen-bond acceptors (Lipinski definition) is 1. The average Bonchev–Trinajstić information content (AvgIpc) is 1.93. The Balaban J connectivity index is 2.66. The van der Waals surface area contributed by atoms with Gasteiger partial charge in [-0.05, 0) is 0 Å². The maximum atomic E-state index is 4.16. The molecule has 0 N–H and O–H groups in total. The van der Waals surface area contributed by atoms with Gasteiger partial charge in [-0.2, -0.15) is 0 Å². The van der Waals surface area contributed by atoms with Crippen LogP contribution in [-0.2, 0) is 0 Å². The van der Waals surface area contributed by atoms with E-state index in [4.69, 9.17) is 0 Å². The van der Waals surface area contributed by atoms with Gasteiger partial charge >= 0.3 is 81.9 Å². The third kappa shape index (κ3) is 3.37. The SMILES string of the molecule is CC(C)[Se]c1ccc(Br)nc1. The molecule has 0 saturated heterocycles. The zero-order valence-electron chi connectivity index (χ0n) is 6.54. The van der Waals surface area contributed by atoms with Crippen molar-refractivity contribution in [3.05, 3.63) is 22.9 Å². The summed E-state index contributed by atoms with van der Waals surface area (Å²) in [6, 6.07) is 4.14. The summed E-state index contributed by atoms with van der Waals surface area (Å²) < 4.78 is 2.29. The number of pyridine rings is 1. The van der Waals surface area contributed by atoms with Crippen molar-refractivity contribution in [1.29, 1.82) is 0 Å². The molecule has 1 nitrogen and oxygen atoms in total. The molecule has 0 aromatic carbocycles. The van der Waals surface area contributed by atoms with Crippen LogP contribution in [0.4, 0.5) is 0 Å². The van der Waals surface area contributed by atoms with Gasteiger partial charge in [0.15, 0.2) is 0 Å². The minimum atomic E-state index is 0.577. The molecule has 0 aliphatic rings. The second kappa shape index (κ2) is 4.24. The van der Waals surface area contributed by atoms with Crippen molar-refractivity contribution < 1.29 is 0 Å². The van der Waals surface area contributed by atoms with Crippen molar-refractivity contribution in [3.8, 4) is 0 Å². The molecule has 1 aromatic rings. The van der Waals surface area contributed by atoms with E-state index in [-0.39, 0.29) is 0 Å². The number of halogens is 1. The van der Waals surface area contributed by atoms with Gasteiger partial charge < -0.3 is 0 Å². The van der Waals surface area contributed by atoms with Crippen molar-refractivity contribution in [2.45, 2.75) is 18.7 Å². The second-order valence-electron chi connectivity index (χ2n) is 2.48. The zero-order chi connectivity index (χ0) is 8.27. The van der Waals surface area contributed by atoms with E-state index in [9.17, 15) is 0 Å². The molecule has 0 bridgehead atoms. The molecule has 0 unspecified atom stereocenters. The van der Waals surface area contributed by atoms with E-state index in [1.807, 2.05) is 12.3 Å². The maximum absolute atomic E-state index is 4.16. The van der Waals surface area contributed by atoms with Gasteiger partial charge in [-0.1, -0.05) is 0 Å². The molecular formula is C8H10BrNSe. The van der Waals surface area contributed by atoms with Crippen molar-refractivity contribution in [1.82, 2.24) is 4.98 Å². The van der Waals surface area contributed by atoms with Crippen LogP contribution >= 0.6 is 15.9 Å². The van der Waals surface area contributed by atoms with Crippen LogP contribution in [0.5, 0.6) is 0 Å². The summed E-state index contributed by atoms with van der Waals surface area (Å²) in [5.41, 5.74) is 0. The summed E-state index contributed by atoms with van der Waals surface area (Å²) in [7, 11) is 0. The van der Waals surface area contributed by atoms with Gasteiger partial charge in [0.2, 0.25) is 0 Å². The third-order valence-electron chi connectivity index (χ3n) is 1.07. The molecule has 3 heteroatoms. The Morgan fingerprint density at radius 1 is 1.45 bits per heavy atom. The van der Waals surface area contributed by atoms with Crippen LogP contribution in [0.1, 0.15) is 13.8 Å². The Kier molecular flexibility index (Phi) is 3.56. The first-order valence-electron chi connectivity index (χ1n) is 3.46. The van der Waals surface area contributed by atoms with E-state index in [2.05, 4.69) is 40.8 Å². The van der Waals surface area contributed by atoms with E-state index >= 15 is 0 Å². The van der Waals surface area contributed by atoms with Gasteiger partial charge in [-0.15, -0.1) is 0 Å². The first kappa shape index (κ1) is 9.24. The molecule has 1 aromatic heterocycles. The summed E-state index contributed by atoms with van der Waals surface area (Å²) in [5, 5.41) is 0. The normalized spacial score (nSPS) is 10.5. The fourth-order valence-corrected chi connectivity index (χ4v) is 2.63. The van der Waals surface area contributed by atoms with E-state index in [0.29, 0.717) is 15.0 Å². The first-order valence-corrected chi connectivity index (χ1v) is 6.10. The summed E-state index contributed by atoms with van der Waals surface area (Å²) >= 11 is 3.88. The predicted octanol–water partition coefficient (Wildman–Crippen LogP) is 2.00. The van der Waals surface area contributed by atoms with E-state index in [1.54, 1.807) is 0 Å². The Labute approximate surface area is 81.9 Å². The standard InChI is InChI=1S/C8H10BrNSe/c1-6(2)11-7-3-4-8(9)10-5-7/h3-6H,1-2H3. The van der Waals surface area contributed by atoms with Gasteiger partial charge in [0.1, 0.15) is 0 Å². The van der Waals surface area contributed by atoms with Crippen LogP contribution in [0.3, 0.4) is 0 Å². The van der Waals surface area contributed by atoms with Gasteiger partial charge in [-0.25, -0.2) is 0 Å². The first-order chi connectivity index (χ1) is 5.18. The molecule has 0 atom stereocenters. The van der Waals surface area contributed by atoms with Crippen LogP contribution in [0, 0.1) is 0 Å². The van der Waals surface area contributed by atoms with Crippen LogP contribution in [0.15, 0.2) is 22.9 Å². The number of nitrogens with zero attached hydrogens (tertiary/aromatic N) is 1. The molecule has 60 valence electrons. The number of rotatable bonds is 2. The van der Waals surface area contributed by atoms with Gasteiger partial charge in [0.25, 0.3) is 0 Å². The van der Waals surface area contributed by atoms with Crippen LogP contribution < -0.4 is 4.46 Å². The van der Waals surface area contributed by atoms with Gasteiger partial charge in [-0.3, -0.25) is 0 Å². The molecule has 11 heavy (non-hydrogen) atoms. The van der Waals surface area contributed by atoms with Gasteiger partial charge in [0.05, 0.1) is 0 Å². The molecule has 1 rings (SSSR count). The molecular weight excluding hydrogens is 269 g/mol. The zero-order valence-corrected chi connectivity index (χ0v) is 9.84. The topological polar surface area (TPSA) is 12.9 Å². The summed E-state index contributed by atoms with van der Waals surface area (Å²) in [6.07, 6.45) is 1.95. The molecule has 0 fully saturated rings. The summed E-state index contributed by atoms with van der Waals surface area (Å²) in [6.45, 7) is 4.48. The van der Waals surface area contributed by atoms with Crippen LogP contribution in [0.2, 0.25) is 4.82 Å². The fourth-order valence-electron chi connectivity index (χ4n) is 0.704. The molecule has 0 radical (unpaired) electrons. The Bertz CT molecular complexity index is 220. The molecule has 0 spiro atoms. The van der Waals surface area contributed by atoms with Crippen molar-refractivity contribution in [2.75, 3.05) is 0 Å². The number of aromatic nitrogens is 1. The minimum absolute atomic E-state index is 0.577. The van der Waals surface area contributed by atoms with Crippen LogP contribution in [-0.4, -0.2) is 19.9 Å². The monoisotopic (exact) mass is 279 g/mol. The van der Waals surface area contributed by atoms with Crippen LogP contribution in [0.25, 0.3) is 0 Å². The Morgan fingerprint density at radius 2 is 2.18 bits per heavy atom. The summed E-state index contributed by atoms with van der Waals surface area (Å²) in [4.78, 5) is 4.93. The van der Waals surface area contributed by atoms with Crippen molar-refractivity contribution in [3.63, 3.8) is 0 Å². The molecule has 0 saturated carbocycles. The molecule has 0 aliphatic carbocycles. The van der Waals surface area contributed by atoms with E-state index < -0.39 is 0 Å². The average molecular weight is 279 g/mol. The quantitative estimate of drug-likeness (QED) is 0.596. The Morgan fingerprint density at radius 3 is 2.64 bits per heavy atom. The third-order valence-corrected chi connectivity index (χ3v) is 3.61. The number of hydrogen-bond donors (Lipinski definition) is 0.